The number of benzene rings is 1. The molecule has 1 amide bonds. The van der Waals surface area contributed by atoms with Gasteiger partial charge in [-0.15, -0.1) is 11.3 Å². The minimum Gasteiger partial charge on any atom is -0.388 e. The summed E-state index contributed by atoms with van der Waals surface area (Å²) in [5.41, 5.74) is -0.303. The van der Waals surface area contributed by atoms with E-state index in [4.69, 9.17) is 0 Å². The first kappa shape index (κ1) is 15.3. The number of hydrogen-bond acceptors (Lipinski definition) is 4. The van der Waals surface area contributed by atoms with Crippen LogP contribution in [0.4, 0.5) is 24.0 Å². The predicted molar refractivity (Wildman–Crippen MR) is 75.8 cm³/mol. The number of carbonyl (C=O) groups excluding carboxylic acids is 1. The third kappa shape index (κ3) is 3.52. The molecule has 1 aromatic heterocycles. The third-order valence-electron chi connectivity index (χ3n) is 2.70. The average molecular weight is 315 g/mol. The van der Waals surface area contributed by atoms with Crippen molar-refractivity contribution in [2.75, 3.05) is 17.7 Å². The van der Waals surface area contributed by atoms with E-state index in [0.29, 0.717) is 5.13 Å². The van der Waals surface area contributed by atoms with E-state index < -0.39 is 17.6 Å². The monoisotopic (exact) mass is 315 g/mol. The highest BCUT2D eigenvalue weighted by atomic mass is 32.1. The van der Waals surface area contributed by atoms with Crippen molar-refractivity contribution >= 4 is 28.1 Å². The van der Waals surface area contributed by atoms with Crippen LogP contribution in [0.25, 0.3) is 0 Å². The molecule has 2 aromatic rings. The molecule has 1 heterocycles. The van der Waals surface area contributed by atoms with Gasteiger partial charge in [0, 0.05) is 23.7 Å². The second kappa shape index (κ2) is 5.72. The number of thiazole rings is 1. The summed E-state index contributed by atoms with van der Waals surface area (Å²) in [6, 6.07) is 3.38. The zero-order chi connectivity index (χ0) is 15.6. The second-order valence-electron chi connectivity index (χ2n) is 4.26. The second-order valence-corrected chi connectivity index (χ2v) is 5.11. The fourth-order valence-electron chi connectivity index (χ4n) is 1.72. The van der Waals surface area contributed by atoms with Gasteiger partial charge in [0.25, 0.3) is 5.91 Å². The molecular weight excluding hydrogens is 303 g/mol. The number of aryl methyl sites for hydroxylation is 1. The number of anilines is 2. The maximum absolute atomic E-state index is 12.9. The normalized spacial score (nSPS) is 11.3. The number of rotatable bonds is 3. The molecule has 1 aromatic carbocycles. The number of amides is 1. The van der Waals surface area contributed by atoms with E-state index in [0.717, 1.165) is 11.8 Å². The molecule has 0 bridgehead atoms. The van der Waals surface area contributed by atoms with Crippen LogP contribution in [0, 0.1) is 6.92 Å². The molecule has 8 heteroatoms. The van der Waals surface area contributed by atoms with Crippen LogP contribution in [-0.2, 0) is 6.18 Å². The van der Waals surface area contributed by atoms with Crippen LogP contribution in [0.2, 0.25) is 0 Å². The lowest BCUT2D eigenvalue weighted by Crippen LogP contribution is -2.15. The van der Waals surface area contributed by atoms with Gasteiger partial charge in [-0.1, -0.05) is 0 Å². The highest BCUT2D eigenvalue weighted by molar-refractivity contribution is 7.13. The molecule has 21 heavy (non-hydrogen) atoms. The summed E-state index contributed by atoms with van der Waals surface area (Å²) in [5, 5.41) is 7.02. The topological polar surface area (TPSA) is 54.0 Å². The summed E-state index contributed by atoms with van der Waals surface area (Å²) in [4.78, 5) is 16.0. The first-order chi connectivity index (χ1) is 9.81. The lowest BCUT2D eigenvalue weighted by molar-refractivity contribution is -0.136. The number of aromatic nitrogens is 1. The molecule has 112 valence electrons. The Morgan fingerprint density at radius 3 is 2.57 bits per heavy atom. The Balaban J connectivity index is 2.29. The van der Waals surface area contributed by atoms with Gasteiger partial charge in [0.2, 0.25) is 0 Å². The molecule has 0 aliphatic rings. The number of alkyl halides is 3. The molecule has 0 saturated carbocycles. The van der Waals surface area contributed by atoms with Gasteiger partial charge in [-0.2, -0.15) is 13.2 Å². The van der Waals surface area contributed by atoms with Crippen LogP contribution in [-0.4, -0.2) is 17.9 Å². The fraction of sp³-hybridized carbons (Fsp3) is 0.231. The lowest BCUT2D eigenvalue weighted by atomic mass is 10.1. The Kier molecular flexibility index (Phi) is 4.17. The van der Waals surface area contributed by atoms with Crippen molar-refractivity contribution in [1.29, 1.82) is 0 Å². The lowest BCUT2D eigenvalue weighted by Gasteiger charge is -2.13. The molecule has 0 radical (unpaired) electrons. The van der Waals surface area contributed by atoms with E-state index in [1.54, 1.807) is 12.3 Å². The van der Waals surface area contributed by atoms with E-state index >= 15 is 0 Å². The van der Waals surface area contributed by atoms with Crippen molar-refractivity contribution in [3.63, 3.8) is 0 Å². The fourth-order valence-corrected chi connectivity index (χ4v) is 2.40. The first-order valence-electron chi connectivity index (χ1n) is 5.93. The minimum absolute atomic E-state index is 0.0748. The number of nitrogens with zero attached hydrogens (tertiary/aromatic N) is 1. The molecule has 0 fully saturated rings. The van der Waals surface area contributed by atoms with Gasteiger partial charge in [-0.05, 0) is 25.1 Å². The molecule has 4 nitrogen and oxygen atoms in total. The average Bonchev–Trinajstić information content (AvgIpc) is 2.82. The van der Waals surface area contributed by atoms with Crippen molar-refractivity contribution in [2.24, 2.45) is 0 Å². The Bertz CT molecular complexity index is 667. The smallest absolute Gasteiger partial charge is 0.388 e. The number of nitrogens with one attached hydrogen (secondary N) is 2. The van der Waals surface area contributed by atoms with Crippen LogP contribution < -0.4 is 10.6 Å². The van der Waals surface area contributed by atoms with Crippen LogP contribution in [0.3, 0.4) is 0 Å². The largest absolute Gasteiger partial charge is 0.418 e. The summed E-state index contributed by atoms with van der Waals surface area (Å²) in [7, 11) is 1.39. The van der Waals surface area contributed by atoms with E-state index in [2.05, 4.69) is 15.6 Å². The summed E-state index contributed by atoms with van der Waals surface area (Å²) in [6.07, 6.45) is -4.54. The summed E-state index contributed by atoms with van der Waals surface area (Å²) < 4.78 is 38.8. The van der Waals surface area contributed by atoms with E-state index in [-0.39, 0.29) is 11.3 Å². The highest BCUT2D eigenvalue weighted by Gasteiger charge is 2.34. The molecule has 0 unspecified atom stereocenters. The molecular formula is C13H12F3N3OS. The van der Waals surface area contributed by atoms with Crippen LogP contribution in [0.1, 0.15) is 21.6 Å². The molecule has 0 saturated heterocycles. The third-order valence-corrected chi connectivity index (χ3v) is 3.57. The molecule has 0 atom stereocenters. The van der Waals surface area contributed by atoms with Gasteiger partial charge in [0.1, 0.15) is 0 Å². The standard InChI is InChI=1S/C13H12F3N3OS/c1-7-6-21-12(18-7)19-11(20)8-3-4-10(17-2)9(5-8)13(14,15)16/h3-6,17H,1-2H3,(H,18,19,20). The Morgan fingerprint density at radius 2 is 2.05 bits per heavy atom. The van der Waals surface area contributed by atoms with Crippen molar-refractivity contribution in [2.45, 2.75) is 13.1 Å². The van der Waals surface area contributed by atoms with Gasteiger partial charge >= 0.3 is 6.18 Å². The van der Waals surface area contributed by atoms with E-state index in [1.807, 2.05) is 0 Å². The molecule has 0 aliphatic heterocycles. The van der Waals surface area contributed by atoms with Gasteiger partial charge in [0.05, 0.1) is 11.3 Å². The SMILES string of the molecule is CNc1ccc(C(=O)Nc2nc(C)cs2)cc1C(F)(F)F. The summed E-state index contributed by atoms with van der Waals surface area (Å²) >= 11 is 1.21. The van der Waals surface area contributed by atoms with Gasteiger partial charge < -0.3 is 5.32 Å². The molecule has 0 spiro atoms. The van der Waals surface area contributed by atoms with Crippen LogP contribution in [0.15, 0.2) is 23.6 Å². The highest BCUT2D eigenvalue weighted by Crippen LogP contribution is 2.35. The van der Waals surface area contributed by atoms with E-state index in [9.17, 15) is 18.0 Å². The van der Waals surface area contributed by atoms with Crippen molar-refractivity contribution < 1.29 is 18.0 Å². The molecule has 2 N–H and O–H groups in total. The minimum atomic E-state index is -4.54. The number of halogens is 3. The van der Waals surface area contributed by atoms with Crippen molar-refractivity contribution in [1.82, 2.24) is 4.98 Å². The Morgan fingerprint density at radius 1 is 1.33 bits per heavy atom. The predicted octanol–water partition coefficient (Wildman–Crippen LogP) is 3.76. The summed E-state index contributed by atoms with van der Waals surface area (Å²) in [5.74, 6) is -0.627. The Hall–Kier alpha value is -2.09. The maximum atomic E-state index is 12.9. The quantitative estimate of drug-likeness (QED) is 0.906. The molecule has 2 rings (SSSR count). The van der Waals surface area contributed by atoms with Gasteiger partial charge in [-0.3, -0.25) is 10.1 Å². The van der Waals surface area contributed by atoms with Gasteiger partial charge in [0.15, 0.2) is 5.13 Å². The zero-order valence-electron chi connectivity index (χ0n) is 11.2. The first-order valence-corrected chi connectivity index (χ1v) is 6.81. The van der Waals surface area contributed by atoms with Gasteiger partial charge in [-0.25, -0.2) is 4.98 Å². The number of carbonyl (C=O) groups is 1. The zero-order valence-corrected chi connectivity index (χ0v) is 12.0. The summed E-state index contributed by atoms with van der Waals surface area (Å²) in [6.45, 7) is 1.76. The molecule has 0 aliphatic carbocycles. The van der Waals surface area contributed by atoms with Crippen LogP contribution >= 0.6 is 11.3 Å². The van der Waals surface area contributed by atoms with Crippen LogP contribution in [0.5, 0.6) is 0 Å². The number of hydrogen-bond donors (Lipinski definition) is 2. The Labute approximate surface area is 123 Å². The van der Waals surface area contributed by atoms with E-state index in [1.165, 1.54) is 30.5 Å². The maximum Gasteiger partial charge on any atom is 0.418 e. The van der Waals surface area contributed by atoms with Crippen molar-refractivity contribution in [3.05, 3.63) is 40.4 Å². The van der Waals surface area contributed by atoms with Crippen molar-refractivity contribution in [3.8, 4) is 0 Å².